The highest BCUT2D eigenvalue weighted by atomic mass is 16.1. The first-order valence-corrected chi connectivity index (χ1v) is 7.37. The number of primary amides is 1. The van der Waals surface area contributed by atoms with Crippen molar-refractivity contribution in [3.63, 3.8) is 0 Å². The molecule has 1 unspecified atom stereocenters. The Morgan fingerprint density at radius 1 is 1.40 bits per heavy atom. The summed E-state index contributed by atoms with van der Waals surface area (Å²) in [5, 5.41) is 4.91. The van der Waals surface area contributed by atoms with Crippen LogP contribution in [-0.2, 0) is 11.2 Å². The van der Waals surface area contributed by atoms with E-state index < -0.39 is 0 Å². The van der Waals surface area contributed by atoms with Gasteiger partial charge in [-0.15, -0.1) is 0 Å². The lowest BCUT2D eigenvalue weighted by Crippen LogP contribution is -2.27. The smallest absolute Gasteiger partial charge is 0.217 e. The molecule has 0 fully saturated rings. The van der Waals surface area contributed by atoms with Crippen LogP contribution in [0.4, 0.5) is 0 Å². The third kappa shape index (κ3) is 2.56. The molecule has 1 aliphatic carbocycles. The molecule has 1 aromatic carbocycles. The number of fused-ring (bicyclic) bond motifs is 3. The minimum Gasteiger partial charge on any atom is -0.370 e. The lowest BCUT2D eigenvalue weighted by Gasteiger charge is -2.23. The van der Waals surface area contributed by atoms with Gasteiger partial charge in [0, 0.05) is 29.1 Å². The van der Waals surface area contributed by atoms with Crippen molar-refractivity contribution in [1.82, 2.24) is 10.3 Å². The summed E-state index contributed by atoms with van der Waals surface area (Å²) in [5.41, 5.74) is 9.18. The maximum atomic E-state index is 10.8. The fourth-order valence-electron chi connectivity index (χ4n) is 3.16. The van der Waals surface area contributed by atoms with E-state index >= 15 is 0 Å². The molecule has 0 bridgehead atoms. The summed E-state index contributed by atoms with van der Waals surface area (Å²) in [6.07, 6.45) is 4.78. The van der Waals surface area contributed by atoms with Gasteiger partial charge in [0.1, 0.15) is 0 Å². The van der Waals surface area contributed by atoms with Crippen LogP contribution in [0.1, 0.15) is 43.0 Å². The number of aromatic amines is 1. The van der Waals surface area contributed by atoms with Crippen molar-refractivity contribution in [3.05, 3.63) is 35.5 Å². The fraction of sp³-hybridized carbons (Fsp3) is 0.438. The van der Waals surface area contributed by atoms with E-state index in [4.69, 9.17) is 5.73 Å². The van der Waals surface area contributed by atoms with E-state index in [1.807, 2.05) is 0 Å². The largest absolute Gasteiger partial charge is 0.370 e. The molecule has 0 saturated heterocycles. The van der Waals surface area contributed by atoms with Crippen LogP contribution < -0.4 is 11.1 Å². The number of nitrogens with one attached hydrogen (secondary N) is 2. The van der Waals surface area contributed by atoms with Crippen molar-refractivity contribution >= 4 is 16.8 Å². The maximum absolute atomic E-state index is 10.8. The van der Waals surface area contributed by atoms with Crippen LogP contribution in [0, 0.1) is 0 Å². The molecule has 1 atom stereocenters. The molecule has 4 nitrogen and oxygen atoms in total. The molecule has 1 heterocycles. The van der Waals surface area contributed by atoms with Gasteiger partial charge in [-0.2, -0.15) is 0 Å². The number of aryl methyl sites for hydroxylation is 1. The van der Waals surface area contributed by atoms with Crippen LogP contribution >= 0.6 is 0 Å². The zero-order chi connectivity index (χ0) is 13.9. The van der Waals surface area contributed by atoms with Gasteiger partial charge >= 0.3 is 0 Å². The second-order valence-electron chi connectivity index (χ2n) is 5.53. The van der Waals surface area contributed by atoms with Gasteiger partial charge in [-0.1, -0.05) is 18.2 Å². The van der Waals surface area contributed by atoms with Crippen molar-refractivity contribution in [3.8, 4) is 0 Å². The summed E-state index contributed by atoms with van der Waals surface area (Å²) < 4.78 is 0. The molecule has 0 spiro atoms. The molecular weight excluding hydrogens is 250 g/mol. The molecule has 2 aromatic rings. The first kappa shape index (κ1) is 13.2. The number of carbonyl (C=O) groups excluding carboxylic acids is 1. The quantitative estimate of drug-likeness (QED) is 0.731. The van der Waals surface area contributed by atoms with E-state index in [0.717, 1.165) is 25.8 Å². The Labute approximate surface area is 118 Å². The topological polar surface area (TPSA) is 70.9 Å². The van der Waals surface area contributed by atoms with Crippen LogP contribution in [0.25, 0.3) is 10.9 Å². The number of para-hydroxylation sites is 1. The summed E-state index contributed by atoms with van der Waals surface area (Å²) in [6.45, 7) is 0.836. The Balaban J connectivity index is 1.74. The minimum atomic E-state index is -0.221. The monoisotopic (exact) mass is 271 g/mol. The lowest BCUT2D eigenvalue weighted by molar-refractivity contribution is -0.118. The number of amides is 1. The molecule has 1 aromatic heterocycles. The third-order valence-electron chi connectivity index (χ3n) is 4.11. The fourth-order valence-corrected chi connectivity index (χ4v) is 3.16. The first-order chi connectivity index (χ1) is 9.75. The van der Waals surface area contributed by atoms with E-state index in [-0.39, 0.29) is 5.91 Å². The number of hydrogen-bond donors (Lipinski definition) is 3. The zero-order valence-corrected chi connectivity index (χ0v) is 11.6. The van der Waals surface area contributed by atoms with Gasteiger partial charge in [0.05, 0.1) is 0 Å². The van der Waals surface area contributed by atoms with Crippen LogP contribution in [0.2, 0.25) is 0 Å². The Hall–Kier alpha value is -1.81. The standard InChI is InChI=1S/C16H21N3O/c17-15(20)9-4-10-18-14-8-3-6-12-11-5-1-2-7-13(11)19-16(12)14/h1-2,5,7,14,18-19H,3-4,6,8-10H2,(H2,17,20). The van der Waals surface area contributed by atoms with Gasteiger partial charge in [0.15, 0.2) is 0 Å². The summed E-state index contributed by atoms with van der Waals surface area (Å²) >= 11 is 0. The second kappa shape index (κ2) is 5.67. The summed E-state index contributed by atoms with van der Waals surface area (Å²) in [6, 6.07) is 8.87. The first-order valence-electron chi connectivity index (χ1n) is 7.37. The van der Waals surface area contributed by atoms with Crippen LogP contribution in [0.5, 0.6) is 0 Å². The van der Waals surface area contributed by atoms with Gasteiger partial charge in [-0.3, -0.25) is 4.79 Å². The number of H-pyrrole nitrogens is 1. The summed E-state index contributed by atoms with van der Waals surface area (Å²) in [7, 11) is 0. The maximum Gasteiger partial charge on any atom is 0.217 e. The van der Waals surface area contributed by atoms with Crippen LogP contribution in [0.3, 0.4) is 0 Å². The van der Waals surface area contributed by atoms with Crippen molar-refractivity contribution in [2.24, 2.45) is 5.73 Å². The van der Waals surface area contributed by atoms with Crippen molar-refractivity contribution in [1.29, 1.82) is 0 Å². The Bertz CT molecular complexity index is 617. The molecule has 4 heteroatoms. The SMILES string of the molecule is NC(=O)CCCNC1CCCc2c1[nH]c1ccccc21. The predicted molar refractivity (Wildman–Crippen MR) is 80.4 cm³/mol. The zero-order valence-electron chi connectivity index (χ0n) is 11.6. The highest BCUT2D eigenvalue weighted by Crippen LogP contribution is 2.34. The number of hydrogen-bond acceptors (Lipinski definition) is 2. The number of nitrogens with two attached hydrogens (primary N) is 1. The number of rotatable bonds is 5. The van der Waals surface area contributed by atoms with E-state index in [1.165, 1.54) is 28.6 Å². The molecule has 3 rings (SSSR count). The molecule has 106 valence electrons. The molecule has 0 saturated carbocycles. The Morgan fingerprint density at radius 2 is 2.25 bits per heavy atom. The molecule has 1 amide bonds. The van der Waals surface area contributed by atoms with Crippen LogP contribution in [-0.4, -0.2) is 17.4 Å². The van der Waals surface area contributed by atoms with Gasteiger partial charge in [0.2, 0.25) is 5.91 Å². The predicted octanol–water partition coefficient (Wildman–Crippen LogP) is 2.40. The van der Waals surface area contributed by atoms with Crippen molar-refractivity contribution in [2.45, 2.75) is 38.1 Å². The highest BCUT2D eigenvalue weighted by Gasteiger charge is 2.23. The molecule has 20 heavy (non-hydrogen) atoms. The van der Waals surface area contributed by atoms with Crippen molar-refractivity contribution in [2.75, 3.05) is 6.54 Å². The van der Waals surface area contributed by atoms with Crippen molar-refractivity contribution < 1.29 is 4.79 Å². The molecule has 4 N–H and O–H groups in total. The number of benzene rings is 1. The second-order valence-corrected chi connectivity index (χ2v) is 5.53. The third-order valence-corrected chi connectivity index (χ3v) is 4.11. The number of carbonyl (C=O) groups is 1. The molecule has 1 aliphatic rings. The normalized spacial score (nSPS) is 18.1. The molecule has 0 radical (unpaired) electrons. The Morgan fingerprint density at radius 3 is 3.10 bits per heavy atom. The van der Waals surface area contributed by atoms with Crippen LogP contribution in [0.15, 0.2) is 24.3 Å². The summed E-state index contributed by atoms with van der Waals surface area (Å²) in [5.74, 6) is -0.221. The minimum absolute atomic E-state index is 0.221. The average molecular weight is 271 g/mol. The Kier molecular flexibility index (Phi) is 3.74. The van der Waals surface area contributed by atoms with Gasteiger partial charge in [-0.05, 0) is 43.9 Å². The summed E-state index contributed by atoms with van der Waals surface area (Å²) in [4.78, 5) is 14.3. The molecule has 0 aliphatic heterocycles. The van der Waals surface area contributed by atoms with E-state index in [1.54, 1.807) is 0 Å². The van der Waals surface area contributed by atoms with E-state index in [0.29, 0.717) is 12.5 Å². The van der Waals surface area contributed by atoms with Gasteiger partial charge < -0.3 is 16.0 Å². The van der Waals surface area contributed by atoms with Gasteiger partial charge in [0.25, 0.3) is 0 Å². The number of aromatic nitrogens is 1. The molecular formula is C16H21N3O. The highest BCUT2D eigenvalue weighted by molar-refractivity contribution is 5.85. The lowest BCUT2D eigenvalue weighted by atomic mass is 9.91. The van der Waals surface area contributed by atoms with Gasteiger partial charge in [-0.25, -0.2) is 0 Å². The van der Waals surface area contributed by atoms with E-state index in [9.17, 15) is 4.79 Å². The van der Waals surface area contributed by atoms with E-state index in [2.05, 4.69) is 34.6 Å². The average Bonchev–Trinajstić information content (AvgIpc) is 2.83.